The second-order valence-electron chi connectivity index (χ2n) is 10.4. The van der Waals surface area contributed by atoms with E-state index >= 15 is 0 Å². The van der Waals surface area contributed by atoms with Gasteiger partial charge in [0.2, 0.25) is 0 Å². The topological polar surface area (TPSA) is 87.8 Å². The average molecular weight is 477 g/mol. The van der Waals surface area contributed by atoms with Crippen LogP contribution in [-0.4, -0.2) is 33.9 Å². The Morgan fingerprint density at radius 1 is 1.21 bits per heavy atom. The van der Waals surface area contributed by atoms with Gasteiger partial charge < -0.3 is 10.2 Å². The van der Waals surface area contributed by atoms with Gasteiger partial charge in [-0.3, -0.25) is 14.9 Å². The number of halogens is 1. The van der Waals surface area contributed by atoms with E-state index in [0.29, 0.717) is 48.9 Å². The maximum absolute atomic E-state index is 13.5. The molecule has 1 N–H and O–H groups in total. The zero-order valence-corrected chi connectivity index (χ0v) is 19.9. The van der Waals surface area contributed by atoms with E-state index < -0.39 is 11.8 Å². The average Bonchev–Trinajstić information content (AvgIpc) is 3.27. The highest BCUT2D eigenvalue weighted by Crippen LogP contribution is 2.51. The molecule has 2 aromatic carbocycles. The molecule has 0 spiro atoms. The molecule has 6 rings (SSSR count). The van der Waals surface area contributed by atoms with Crippen molar-refractivity contribution in [1.82, 2.24) is 10.2 Å². The Balaban J connectivity index is 1.54. The monoisotopic (exact) mass is 476 g/mol. The summed E-state index contributed by atoms with van der Waals surface area (Å²) in [6.45, 7) is 5.38. The number of aliphatic imine (C=N–C) groups is 1. The van der Waals surface area contributed by atoms with Crippen LogP contribution in [0.3, 0.4) is 0 Å². The van der Waals surface area contributed by atoms with E-state index in [-0.39, 0.29) is 21.8 Å². The lowest BCUT2D eigenvalue weighted by molar-refractivity contribution is -0.436. The summed E-state index contributed by atoms with van der Waals surface area (Å²) in [6.07, 6.45) is 1.56. The first kappa shape index (κ1) is 21.4. The minimum absolute atomic E-state index is 0.0182. The summed E-state index contributed by atoms with van der Waals surface area (Å²) in [6, 6.07) is 12.1. The number of ketones is 1. The molecule has 2 unspecified atom stereocenters. The molecule has 1 saturated heterocycles. The van der Waals surface area contributed by atoms with Gasteiger partial charge in [-0.15, -0.1) is 0 Å². The van der Waals surface area contributed by atoms with Crippen LogP contribution in [0.25, 0.3) is 10.8 Å². The van der Waals surface area contributed by atoms with Crippen molar-refractivity contribution in [2.75, 3.05) is 13.1 Å². The molecule has 0 saturated carbocycles. The molecule has 1 aliphatic carbocycles. The Morgan fingerprint density at radius 3 is 2.79 bits per heavy atom. The van der Waals surface area contributed by atoms with Crippen molar-refractivity contribution >= 4 is 39.0 Å². The van der Waals surface area contributed by atoms with Crippen LogP contribution in [0.2, 0.25) is 0 Å². The third-order valence-electron chi connectivity index (χ3n) is 7.52. The van der Waals surface area contributed by atoms with Gasteiger partial charge in [-0.2, -0.15) is 0 Å². The number of nitro groups is 1. The zero-order chi connectivity index (χ0) is 23.8. The first-order valence-electron chi connectivity index (χ1n) is 11.7. The number of hydrogen-bond acceptors (Lipinski definition) is 6. The zero-order valence-electron chi connectivity index (χ0n) is 19.1. The molecule has 8 heteroatoms. The largest absolute Gasteiger partial charge is 0.364 e. The number of carbonyl (C=O) groups excluding carboxylic acids is 1. The molecule has 3 heterocycles. The van der Waals surface area contributed by atoms with Crippen LogP contribution in [0.15, 0.2) is 64.2 Å². The summed E-state index contributed by atoms with van der Waals surface area (Å²) < 4.78 is 0. The summed E-state index contributed by atoms with van der Waals surface area (Å²) in [5.41, 5.74) is 3.11. The van der Waals surface area contributed by atoms with E-state index in [1.165, 1.54) is 0 Å². The SMILES string of the molecule is CC1(C)CC(=O)C2=C(C1)N1CCNC1=C([N+](=O)[O-])C2C1Cc2ccc3ccccc3c2N=C1Cl. The van der Waals surface area contributed by atoms with Gasteiger partial charge in [0.05, 0.1) is 16.5 Å². The molecular weight excluding hydrogens is 452 g/mol. The van der Waals surface area contributed by atoms with Gasteiger partial charge in [-0.05, 0) is 29.2 Å². The van der Waals surface area contributed by atoms with Gasteiger partial charge in [-0.1, -0.05) is 61.8 Å². The molecule has 4 aliphatic rings. The minimum Gasteiger partial charge on any atom is -0.364 e. The first-order chi connectivity index (χ1) is 16.2. The lowest BCUT2D eigenvalue weighted by Crippen LogP contribution is -2.45. The number of hydrogen-bond donors (Lipinski definition) is 1. The molecule has 0 amide bonds. The van der Waals surface area contributed by atoms with E-state index in [0.717, 1.165) is 27.7 Å². The van der Waals surface area contributed by atoms with Crippen LogP contribution in [0.5, 0.6) is 0 Å². The van der Waals surface area contributed by atoms with Crippen molar-refractivity contribution in [2.24, 2.45) is 22.2 Å². The van der Waals surface area contributed by atoms with E-state index in [9.17, 15) is 14.9 Å². The second kappa shape index (κ2) is 7.40. The maximum Gasteiger partial charge on any atom is 0.294 e. The number of fused-ring (bicyclic) bond motifs is 5. The predicted octanol–water partition coefficient (Wildman–Crippen LogP) is 4.90. The van der Waals surface area contributed by atoms with E-state index in [4.69, 9.17) is 16.6 Å². The Bertz CT molecular complexity index is 1370. The summed E-state index contributed by atoms with van der Waals surface area (Å²) in [5, 5.41) is 18.1. The lowest BCUT2D eigenvalue weighted by Gasteiger charge is -2.42. The van der Waals surface area contributed by atoms with Crippen LogP contribution in [0.4, 0.5) is 5.69 Å². The Labute approximate surface area is 202 Å². The summed E-state index contributed by atoms with van der Waals surface area (Å²) in [4.78, 5) is 32.4. The van der Waals surface area contributed by atoms with Crippen molar-refractivity contribution in [3.05, 3.63) is 74.9 Å². The molecule has 3 aliphatic heterocycles. The molecule has 0 radical (unpaired) electrons. The van der Waals surface area contributed by atoms with Crippen molar-refractivity contribution in [2.45, 2.75) is 33.1 Å². The highest BCUT2D eigenvalue weighted by Gasteiger charge is 2.53. The third kappa shape index (κ3) is 3.10. The number of carbonyl (C=O) groups is 1. The lowest BCUT2D eigenvalue weighted by atomic mass is 9.67. The number of nitrogens with zero attached hydrogens (tertiary/aromatic N) is 3. The number of nitrogens with one attached hydrogen (secondary N) is 1. The van der Waals surface area contributed by atoms with Crippen LogP contribution >= 0.6 is 11.6 Å². The molecule has 34 heavy (non-hydrogen) atoms. The molecule has 1 fully saturated rings. The van der Waals surface area contributed by atoms with Crippen molar-refractivity contribution in [3.63, 3.8) is 0 Å². The predicted molar refractivity (Wildman–Crippen MR) is 131 cm³/mol. The molecule has 2 atom stereocenters. The van der Waals surface area contributed by atoms with Crippen molar-refractivity contribution in [3.8, 4) is 0 Å². The summed E-state index contributed by atoms with van der Waals surface area (Å²) >= 11 is 6.83. The van der Waals surface area contributed by atoms with Gasteiger partial charge in [0.1, 0.15) is 5.17 Å². The number of Topliss-reactive ketones (excluding diaryl/α,β-unsaturated/α-hetero) is 1. The van der Waals surface area contributed by atoms with Gasteiger partial charge in [0.25, 0.3) is 5.70 Å². The number of benzene rings is 2. The van der Waals surface area contributed by atoms with Crippen LogP contribution in [0, 0.1) is 27.4 Å². The summed E-state index contributed by atoms with van der Waals surface area (Å²) in [5.74, 6) is -0.715. The van der Waals surface area contributed by atoms with Crippen molar-refractivity contribution < 1.29 is 9.72 Å². The smallest absolute Gasteiger partial charge is 0.294 e. The van der Waals surface area contributed by atoms with Gasteiger partial charge in [0, 0.05) is 42.1 Å². The third-order valence-corrected chi connectivity index (χ3v) is 7.88. The van der Waals surface area contributed by atoms with E-state index in [1.54, 1.807) is 0 Å². The minimum atomic E-state index is -0.735. The molecule has 0 bridgehead atoms. The maximum atomic E-state index is 13.5. The number of allylic oxidation sites excluding steroid dienone is 2. The fraction of sp³-hybridized carbons (Fsp3) is 0.385. The molecule has 2 aromatic rings. The number of rotatable bonds is 2. The van der Waals surface area contributed by atoms with Crippen LogP contribution in [0.1, 0.15) is 32.3 Å². The fourth-order valence-corrected chi connectivity index (χ4v) is 6.41. The highest BCUT2D eigenvalue weighted by molar-refractivity contribution is 6.66. The Hall–Kier alpha value is -3.19. The Kier molecular flexibility index (Phi) is 4.65. The first-order valence-corrected chi connectivity index (χ1v) is 12.0. The van der Waals surface area contributed by atoms with Gasteiger partial charge in [-0.25, -0.2) is 4.99 Å². The normalized spacial score (nSPS) is 25.6. The molecule has 0 aromatic heterocycles. The highest BCUT2D eigenvalue weighted by atomic mass is 35.5. The van der Waals surface area contributed by atoms with Crippen LogP contribution < -0.4 is 5.32 Å². The molecule has 174 valence electrons. The quantitative estimate of drug-likeness (QED) is 0.491. The fourth-order valence-electron chi connectivity index (χ4n) is 6.13. The standard InChI is InChI=1S/C26H25ClN4O3/c1-26(2)12-18-21(19(32)13-26)20(23(31(33)34)25-28-9-10-30(18)25)17-11-15-8-7-14-5-3-4-6-16(14)22(15)29-24(17)27/h3-8,17,20,28H,9-13H2,1-2H3. The van der Waals surface area contributed by atoms with E-state index in [2.05, 4.69) is 19.2 Å². The second-order valence-corrected chi connectivity index (χ2v) is 10.8. The van der Waals surface area contributed by atoms with Crippen LogP contribution in [-0.2, 0) is 11.2 Å². The molecule has 7 nitrogen and oxygen atoms in total. The summed E-state index contributed by atoms with van der Waals surface area (Å²) in [7, 11) is 0. The van der Waals surface area contributed by atoms with Crippen molar-refractivity contribution in [1.29, 1.82) is 0 Å². The molecular formula is C26H25ClN4O3. The van der Waals surface area contributed by atoms with Gasteiger partial charge >= 0.3 is 0 Å². The van der Waals surface area contributed by atoms with E-state index in [1.807, 2.05) is 41.3 Å². The Morgan fingerprint density at radius 2 is 2.00 bits per heavy atom. The van der Waals surface area contributed by atoms with Gasteiger partial charge in [0.15, 0.2) is 11.6 Å².